The third-order valence-corrected chi connectivity index (χ3v) is 6.98. The van der Waals surface area contributed by atoms with E-state index >= 15 is 0 Å². The van der Waals surface area contributed by atoms with Gasteiger partial charge in [-0.25, -0.2) is 4.98 Å². The predicted octanol–water partition coefficient (Wildman–Crippen LogP) is 5.05. The Kier molecular flexibility index (Phi) is 7.50. The Hall–Kier alpha value is -3.19. The highest BCUT2D eigenvalue weighted by Crippen LogP contribution is 2.34. The van der Waals surface area contributed by atoms with E-state index in [1.807, 2.05) is 59.7 Å². The largest absolute Gasteiger partial charge is 0.361 e. The fraction of sp³-hybridized carbons (Fsp3) is 0.483. The monoisotopic (exact) mass is 490 g/mol. The minimum absolute atomic E-state index is 0.0612. The summed E-state index contributed by atoms with van der Waals surface area (Å²) in [5.74, 6) is 0.792. The number of benzene rings is 2. The molecular weight excluding hydrogens is 452 g/mol. The fourth-order valence-corrected chi connectivity index (χ4v) is 5.16. The summed E-state index contributed by atoms with van der Waals surface area (Å²) in [4.78, 5) is 35.4. The summed E-state index contributed by atoms with van der Waals surface area (Å²) >= 11 is 0. The second kappa shape index (κ2) is 10.4. The molecule has 0 radical (unpaired) electrons. The van der Waals surface area contributed by atoms with Gasteiger partial charge in [0.25, 0.3) is 0 Å². The molecule has 2 heterocycles. The van der Waals surface area contributed by atoms with E-state index in [0.29, 0.717) is 19.6 Å². The molecule has 1 unspecified atom stereocenters. The van der Waals surface area contributed by atoms with Crippen LogP contribution in [0.5, 0.6) is 0 Å². The number of carbonyl (C=O) groups excluding carboxylic acids is 2. The molecule has 7 heteroatoms. The van der Waals surface area contributed by atoms with Gasteiger partial charge in [0.2, 0.25) is 11.8 Å². The van der Waals surface area contributed by atoms with Gasteiger partial charge in [0, 0.05) is 31.0 Å². The molecular formula is C29H38N4O3. The number of fused-ring (bicyclic) bond motifs is 1. The molecule has 0 bridgehead atoms. The Morgan fingerprint density at radius 3 is 2.56 bits per heavy atom. The van der Waals surface area contributed by atoms with Gasteiger partial charge in [-0.15, -0.1) is 0 Å². The number of ether oxygens (including phenoxy) is 1. The smallest absolute Gasteiger partial charge is 0.248 e. The molecule has 36 heavy (non-hydrogen) atoms. The van der Waals surface area contributed by atoms with Gasteiger partial charge in [-0.2, -0.15) is 0 Å². The minimum atomic E-state index is -0.256. The molecule has 1 fully saturated rings. The highest BCUT2D eigenvalue weighted by atomic mass is 16.5. The van der Waals surface area contributed by atoms with E-state index in [1.165, 1.54) is 0 Å². The van der Waals surface area contributed by atoms with Crippen molar-refractivity contribution < 1.29 is 14.3 Å². The summed E-state index contributed by atoms with van der Waals surface area (Å²) in [5, 5.41) is 0. The van der Waals surface area contributed by atoms with Crippen molar-refractivity contribution in [3.05, 3.63) is 59.4 Å². The van der Waals surface area contributed by atoms with Crippen LogP contribution < -0.4 is 4.90 Å². The number of hydrogen-bond donors (Lipinski definition) is 0. The van der Waals surface area contributed by atoms with Crippen molar-refractivity contribution >= 4 is 28.5 Å². The fourth-order valence-electron chi connectivity index (χ4n) is 5.16. The van der Waals surface area contributed by atoms with Gasteiger partial charge in [-0.3, -0.25) is 14.5 Å². The number of aryl methyl sites for hydroxylation is 2. The Balaban J connectivity index is 1.73. The van der Waals surface area contributed by atoms with Crippen LogP contribution in [0.25, 0.3) is 11.0 Å². The number of nitrogens with zero attached hydrogens (tertiary/aromatic N) is 4. The molecule has 1 aliphatic heterocycles. The zero-order valence-electron chi connectivity index (χ0n) is 22.4. The van der Waals surface area contributed by atoms with Crippen molar-refractivity contribution in [3.63, 3.8) is 0 Å². The summed E-state index contributed by atoms with van der Waals surface area (Å²) in [7, 11) is 0. The SMILES string of the molecule is CCOCN(C(=O)Cn1c(C2CC(=O)N(C(C)(C)C)C2)nc2ccccc21)c1c(C)cccc1CC. The maximum atomic E-state index is 14.0. The molecule has 1 aliphatic rings. The van der Waals surface area contributed by atoms with Crippen LogP contribution in [0.4, 0.5) is 5.69 Å². The molecule has 0 saturated carbocycles. The van der Waals surface area contributed by atoms with Crippen molar-refractivity contribution in [3.8, 4) is 0 Å². The van der Waals surface area contributed by atoms with Crippen molar-refractivity contribution in [1.29, 1.82) is 0 Å². The first-order valence-corrected chi connectivity index (χ1v) is 12.9. The van der Waals surface area contributed by atoms with Gasteiger partial charge in [0.05, 0.1) is 16.7 Å². The van der Waals surface area contributed by atoms with Gasteiger partial charge < -0.3 is 14.2 Å². The number of rotatable bonds is 8. The highest BCUT2D eigenvalue weighted by molar-refractivity contribution is 5.95. The maximum absolute atomic E-state index is 14.0. The van der Waals surface area contributed by atoms with E-state index in [1.54, 1.807) is 4.90 Å². The van der Waals surface area contributed by atoms with E-state index in [4.69, 9.17) is 9.72 Å². The van der Waals surface area contributed by atoms with Gasteiger partial charge >= 0.3 is 0 Å². The van der Waals surface area contributed by atoms with Crippen molar-refractivity contribution in [2.75, 3.05) is 24.8 Å². The third-order valence-electron chi connectivity index (χ3n) is 6.98. The Bertz CT molecular complexity index is 1260. The van der Waals surface area contributed by atoms with Crippen LogP contribution in [0.3, 0.4) is 0 Å². The lowest BCUT2D eigenvalue weighted by Crippen LogP contribution is -2.42. The first-order valence-electron chi connectivity index (χ1n) is 12.9. The Morgan fingerprint density at radius 2 is 1.89 bits per heavy atom. The molecule has 0 aliphatic carbocycles. The van der Waals surface area contributed by atoms with E-state index in [9.17, 15) is 9.59 Å². The topological polar surface area (TPSA) is 67.7 Å². The van der Waals surface area contributed by atoms with Crippen LogP contribution in [-0.4, -0.2) is 51.7 Å². The molecule has 7 nitrogen and oxygen atoms in total. The average Bonchev–Trinajstić information content (AvgIpc) is 3.40. The third kappa shape index (κ3) is 5.03. The lowest BCUT2D eigenvalue weighted by molar-refractivity contribution is -0.131. The molecule has 3 aromatic rings. The minimum Gasteiger partial charge on any atom is -0.361 e. The van der Waals surface area contributed by atoms with E-state index in [0.717, 1.165) is 40.1 Å². The molecule has 4 rings (SSSR count). The molecule has 1 saturated heterocycles. The van der Waals surface area contributed by atoms with Gasteiger partial charge in [0.1, 0.15) is 19.1 Å². The van der Waals surface area contributed by atoms with Crippen molar-refractivity contribution in [2.45, 2.75) is 72.4 Å². The quantitative estimate of drug-likeness (QED) is 0.415. The summed E-state index contributed by atoms with van der Waals surface area (Å²) in [6, 6.07) is 14.0. The molecule has 1 aromatic heterocycles. The number of aromatic nitrogens is 2. The van der Waals surface area contributed by atoms with Crippen LogP contribution in [0.1, 0.15) is 63.9 Å². The lowest BCUT2D eigenvalue weighted by Gasteiger charge is -2.32. The molecule has 2 aromatic carbocycles. The van der Waals surface area contributed by atoms with Crippen LogP contribution >= 0.6 is 0 Å². The average molecular weight is 491 g/mol. The van der Waals surface area contributed by atoms with Crippen LogP contribution in [0.15, 0.2) is 42.5 Å². The highest BCUT2D eigenvalue weighted by Gasteiger charge is 2.39. The summed E-state index contributed by atoms with van der Waals surface area (Å²) in [6.07, 6.45) is 1.22. The van der Waals surface area contributed by atoms with Crippen LogP contribution in [-0.2, 0) is 27.3 Å². The molecule has 2 amide bonds. The second-order valence-electron chi connectivity index (χ2n) is 10.5. The Labute approximate surface area is 214 Å². The zero-order chi connectivity index (χ0) is 26.0. The van der Waals surface area contributed by atoms with E-state index in [-0.39, 0.29) is 36.5 Å². The second-order valence-corrected chi connectivity index (χ2v) is 10.5. The predicted molar refractivity (Wildman–Crippen MR) is 143 cm³/mol. The van der Waals surface area contributed by atoms with Gasteiger partial charge in [-0.05, 0) is 64.3 Å². The zero-order valence-corrected chi connectivity index (χ0v) is 22.4. The van der Waals surface area contributed by atoms with Crippen LogP contribution in [0, 0.1) is 6.92 Å². The van der Waals surface area contributed by atoms with Gasteiger partial charge in [-0.1, -0.05) is 37.3 Å². The number of likely N-dealkylation sites (tertiary alicyclic amines) is 1. The number of para-hydroxylation sites is 3. The molecule has 0 N–H and O–H groups in total. The lowest BCUT2D eigenvalue weighted by atomic mass is 10.0. The summed E-state index contributed by atoms with van der Waals surface area (Å²) < 4.78 is 7.76. The van der Waals surface area contributed by atoms with E-state index in [2.05, 4.69) is 33.8 Å². The molecule has 1 atom stereocenters. The molecule has 192 valence electrons. The summed E-state index contributed by atoms with van der Waals surface area (Å²) in [6.45, 7) is 13.7. The number of hydrogen-bond acceptors (Lipinski definition) is 4. The van der Waals surface area contributed by atoms with E-state index < -0.39 is 0 Å². The first-order chi connectivity index (χ1) is 17.2. The van der Waals surface area contributed by atoms with Crippen molar-refractivity contribution in [1.82, 2.24) is 14.5 Å². The summed E-state index contributed by atoms with van der Waals surface area (Å²) in [5.41, 5.74) is 4.55. The maximum Gasteiger partial charge on any atom is 0.248 e. The van der Waals surface area contributed by atoms with Crippen LogP contribution in [0.2, 0.25) is 0 Å². The number of anilines is 1. The van der Waals surface area contributed by atoms with Crippen molar-refractivity contribution in [2.24, 2.45) is 0 Å². The molecule has 0 spiro atoms. The van der Waals surface area contributed by atoms with Gasteiger partial charge in [0.15, 0.2) is 0 Å². The number of amides is 2. The normalized spacial score (nSPS) is 16.2. The first kappa shape index (κ1) is 25.9. The number of carbonyl (C=O) groups is 2. The standard InChI is InChI=1S/C29H38N4O3/c1-7-21-13-11-12-20(3)27(21)32(19-36-8-2)26(35)18-31-24-15-10-9-14-23(24)30-28(31)22-16-25(34)33(17-22)29(4,5)6/h9-15,22H,7-8,16-19H2,1-6H3. The Morgan fingerprint density at radius 1 is 1.14 bits per heavy atom. The number of imidazole rings is 1.